The average molecular weight is 463 g/mol. The number of carbonyl (C=O) groups is 1. The van der Waals surface area contributed by atoms with Gasteiger partial charge in [0.1, 0.15) is 5.82 Å². The molecule has 0 aliphatic rings. The molecule has 0 radical (unpaired) electrons. The minimum atomic E-state index is -0.171. The summed E-state index contributed by atoms with van der Waals surface area (Å²) in [4.78, 5) is 31.6. The van der Waals surface area contributed by atoms with Crippen molar-refractivity contribution in [3.8, 4) is 6.07 Å². The normalized spacial score (nSPS) is 10.7. The second-order valence-corrected chi connectivity index (χ2v) is 9.10. The first-order chi connectivity index (χ1) is 15.6. The molecule has 10 heteroatoms. The number of benzene rings is 2. The summed E-state index contributed by atoms with van der Waals surface area (Å²) in [5.41, 5.74) is 2.18. The SMILES string of the molecule is N#Cc1ccc(CSc2nnc(NC(=O)CCCc3nc4ccccc4c(=O)[nH]3)s2)cc1. The zero-order valence-electron chi connectivity index (χ0n) is 16.9. The molecule has 160 valence electrons. The molecule has 0 aliphatic carbocycles. The van der Waals surface area contributed by atoms with Gasteiger partial charge in [0.15, 0.2) is 4.34 Å². The highest BCUT2D eigenvalue weighted by Gasteiger charge is 2.10. The van der Waals surface area contributed by atoms with Crippen LogP contribution in [0, 0.1) is 11.3 Å². The van der Waals surface area contributed by atoms with Gasteiger partial charge in [-0.3, -0.25) is 9.59 Å². The Morgan fingerprint density at radius 2 is 1.97 bits per heavy atom. The predicted molar refractivity (Wildman–Crippen MR) is 125 cm³/mol. The number of rotatable bonds is 8. The third-order valence-corrected chi connectivity index (χ3v) is 6.62. The molecule has 2 aromatic carbocycles. The summed E-state index contributed by atoms with van der Waals surface area (Å²) in [6, 6.07) is 16.7. The number of fused-ring (bicyclic) bond motifs is 1. The number of nitriles is 1. The zero-order valence-corrected chi connectivity index (χ0v) is 18.5. The van der Waals surface area contributed by atoms with Gasteiger partial charge in [-0.15, -0.1) is 10.2 Å². The van der Waals surface area contributed by atoms with Crippen molar-refractivity contribution in [2.45, 2.75) is 29.4 Å². The van der Waals surface area contributed by atoms with E-state index in [1.165, 1.54) is 23.1 Å². The molecule has 0 aliphatic heterocycles. The molecule has 0 atom stereocenters. The molecular formula is C22H18N6O2S2. The topological polar surface area (TPSA) is 124 Å². The first-order valence-corrected chi connectivity index (χ1v) is 11.6. The fourth-order valence-electron chi connectivity index (χ4n) is 2.99. The Morgan fingerprint density at radius 1 is 1.16 bits per heavy atom. The van der Waals surface area contributed by atoms with E-state index >= 15 is 0 Å². The van der Waals surface area contributed by atoms with Crippen molar-refractivity contribution >= 4 is 45.0 Å². The fourth-order valence-corrected chi connectivity index (χ4v) is 4.71. The maximum Gasteiger partial charge on any atom is 0.258 e. The standard InChI is InChI=1S/C22H18N6O2S2/c23-12-14-8-10-15(11-9-14)13-31-22-28-27-21(32-22)26-19(29)7-3-6-18-24-17-5-2-1-4-16(17)20(30)25-18/h1-2,4-5,8-11H,3,6-7,13H2,(H,24,25,30)(H,26,27,29). The van der Waals surface area contributed by atoms with Crippen LogP contribution in [0.25, 0.3) is 10.9 Å². The molecule has 0 fully saturated rings. The van der Waals surface area contributed by atoms with Gasteiger partial charge in [-0.05, 0) is 36.2 Å². The molecule has 2 aromatic heterocycles. The first kappa shape index (κ1) is 21.7. The summed E-state index contributed by atoms with van der Waals surface area (Å²) < 4.78 is 0.752. The summed E-state index contributed by atoms with van der Waals surface area (Å²) in [6.07, 6.45) is 1.32. The molecule has 2 heterocycles. The maximum absolute atomic E-state index is 12.2. The zero-order chi connectivity index (χ0) is 22.3. The second-order valence-electron chi connectivity index (χ2n) is 6.90. The van der Waals surface area contributed by atoms with E-state index in [1.54, 1.807) is 30.3 Å². The van der Waals surface area contributed by atoms with Crippen molar-refractivity contribution < 1.29 is 4.79 Å². The van der Waals surface area contributed by atoms with Gasteiger partial charge in [0.25, 0.3) is 5.56 Å². The van der Waals surface area contributed by atoms with Crippen LogP contribution in [0.15, 0.2) is 57.7 Å². The Morgan fingerprint density at radius 3 is 2.78 bits per heavy atom. The van der Waals surface area contributed by atoms with E-state index in [1.807, 2.05) is 18.2 Å². The maximum atomic E-state index is 12.2. The van der Waals surface area contributed by atoms with Crippen molar-refractivity contribution in [2.75, 3.05) is 5.32 Å². The molecular weight excluding hydrogens is 444 g/mol. The van der Waals surface area contributed by atoms with Crippen molar-refractivity contribution in [1.82, 2.24) is 20.2 Å². The number of anilines is 1. The molecule has 2 N–H and O–H groups in total. The Bertz CT molecular complexity index is 1340. The second kappa shape index (κ2) is 10.2. The number of nitrogens with zero attached hydrogens (tertiary/aromatic N) is 4. The van der Waals surface area contributed by atoms with Crippen LogP contribution < -0.4 is 10.9 Å². The molecule has 4 aromatic rings. The number of hydrogen-bond acceptors (Lipinski definition) is 8. The van der Waals surface area contributed by atoms with Crippen molar-refractivity contribution in [2.24, 2.45) is 0 Å². The van der Waals surface area contributed by atoms with E-state index in [9.17, 15) is 9.59 Å². The number of H-pyrrole nitrogens is 1. The Labute approximate surface area is 191 Å². The molecule has 4 rings (SSSR count). The molecule has 8 nitrogen and oxygen atoms in total. The number of carbonyl (C=O) groups excluding carboxylic acids is 1. The van der Waals surface area contributed by atoms with Crippen LogP contribution in [-0.4, -0.2) is 26.1 Å². The molecule has 1 amide bonds. The van der Waals surface area contributed by atoms with Gasteiger partial charge in [0.2, 0.25) is 11.0 Å². The van der Waals surface area contributed by atoms with Crippen LogP contribution in [0.5, 0.6) is 0 Å². The van der Waals surface area contributed by atoms with E-state index in [0.29, 0.717) is 46.0 Å². The number of hydrogen-bond donors (Lipinski definition) is 2. The third kappa shape index (κ3) is 5.57. The van der Waals surface area contributed by atoms with Gasteiger partial charge >= 0.3 is 0 Å². The monoisotopic (exact) mass is 462 g/mol. The lowest BCUT2D eigenvalue weighted by Gasteiger charge is -2.03. The minimum Gasteiger partial charge on any atom is -0.310 e. The molecule has 32 heavy (non-hydrogen) atoms. The van der Waals surface area contributed by atoms with E-state index in [-0.39, 0.29) is 17.9 Å². The van der Waals surface area contributed by atoms with Gasteiger partial charge in [-0.2, -0.15) is 5.26 Å². The van der Waals surface area contributed by atoms with Crippen LogP contribution in [0.3, 0.4) is 0 Å². The number of nitrogens with one attached hydrogen (secondary N) is 2. The van der Waals surface area contributed by atoms with E-state index in [4.69, 9.17) is 5.26 Å². The Kier molecular flexibility index (Phi) is 6.89. The van der Waals surface area contributed by atoms with Gasteiger partial charge in [0.05, 0.1) is 22.5 Å². The highest BCUT2D eigenvalue weighted by Crippen LogP contribution is 2.28. The Balaban J connectivity index is 1.24. The third-order valence-electron chi connectivity index (χ3n) is 4.58. The summed E-state index contributed by atoms with van der Waals surface area (Å²) in [5.74, 6) is 1.11. The van der Waals surface area contributed by atoms with E-state index in [2.05, 4.69) is 31.6 Å². The number of amides is 1. The summed E-state index contributed by atoms with van der Waals surface area (Å²) in [5, 5.41) is 20.7. The minimum absolute atomic E-state index is 0.159. The average Bonchev–Trinajstić information content (AvgIpc) is 3.25. The highest BCUT2D eigenvalue weighted by molar-refractivity contribution is 8.00. The highest BCUT2D eigenvalue weighted by atomic mass is 32.2. The quantitative estimate of drug-likeness (QED) is 0.300. The van der Waals surface area contributed by atoms with Crippen molar-refractivity contribution in [1.29, 1.82) is 5.26 Å². The number of para-hydroxylation sites is 1. The van der Waals surface area contributed by atoms with Crippen LogP contribution in [0.2, 0.25) is 0 Å². The predicted octanol–water partition coefficient (Wildman–Crippen LogP) is 3.90. The fraction of sp³-hybridized carbons (Fsp3) is 0.182. The number of aromatic nitrogens is 4. The summed E-state index contributed by atoms with van der Waals surface area (Å²) in [6.45, 7) is 0. The largest absolute Gasteiger partial charge is 0.310 e. The van der Waals surface area contributed by atoms with Crippen molar-refractivity contribution in [3.05, 3.63) is 75.8 Å². The van der Waals surface area contributed by atoms with Crippen LogP contribution in [0.1, 0.15) is 29.8 Å². The van der Waals surface area contributed by atoms with Gasteiger partial charge < -0.3 is 10.3 Å². The van der Waals surface area contributed by atoms with Crippen molar-refractivity contribution in [3.63, 3.8) is 0 Å². The lowest BCUT2D eigenvalue weighted by atomic mass is 10.2. The smallest absolute Gasteiger partial charge is 0.258 e. The summed E-state index contributed by atoms with van der Waals surface area (Å²) >= 11 is 2.84. The van der Waals surface area contributed by atoms with Gasteiger partial charge in [-0.25, -0.2) is 4.98 Å². The van der Waals surface area contributed by atoms with E-state index in [0.717, 1.165) is 9.90 Å². The van der Waals surface area contributed by atoms with Gasteiger partial charge in [0, 0.05) is 18.6 Å². The van der Waals surface area contributed by atoms with E-state index < -0.39 is 0 Å². The Hall–Kier alpha value is -3.55. The summed E-state index contributed by atoms with van der Waals surface area (Å²) in [7, 11) is 0. The molecule has 0 unspecified atom stereocenters. The number of aromatic amines is 1. The molecule has 0 saturated carbocycles. The lowest BCUT2D eigenvalue weighted by Crippen LogP contribution is -2.14. The molecule has 0 bridgehead atoms. The number of thioether (sulfide) groups is 1. The lowest BCUT2D eigenvalue weighted by molar-refractivity contribution is -0.116. The number of aryl methyl sites for hydroxylation is 1. The van der Waals surface area contributed by atoms with Gasteiger partial charge in [-0.1, -0.05) is 47.4 Å². The first-order valence-electron chi connectivity index (χ1n) is 9.84. The molecule has 0 saturated heterocycles. The van der Waals surface area contributed by atoms with Crippen LogP contribution in [-0.2, 0) is 17.0 Å². The molecule has 0 spiro atoms. The van der Waals surface area contributed by atoms with Crippen LogP contribution >= 0.6 is 23.1 Å². The van der Waals surface area contributed by atoms with Crippen LogP contribution in [0.4, 0.5) is 5.13 Å².